The van der Waals surface area contributed by atoms with Crippen LogP contribution < -0.4 is 0 Å². The molecule has 0 heterocycles. The van der Waals surface area contributed by atoms with Crippen LogP contribution in [0.2, 0.25) is 0 Å². The van der Waals surface area contributed by atoms with Crippen molar-refractivity contribution in [3.8, 4) is 11.1 Å². The van der Waals surface area contributed by atoms with Crippen LogP contribution in [0.3, 0.4) is 0 Å². The van der Waals surface area contributed by atoms with E-state index in [0.717, 1.165) is 5.56 Å². The quantitative estimate of drug-likeness (QED) is 0.691. The van der Waals surface area contributed by atoms with Gasteiger partial charge in [-0.1, -0.05) is 48.5 Å². The van der Waals surface area contributed by atoms with Gasteiger partial charge >= 0.3 is 16.1 Å². The van der Waals surface area contributed by atoms with Crippen molar-refractivity contribution in [1.29, 1.82) is 0 Å². The highest BCUT2D eigenvalue weighted by Gasteiger charge is 2.16. The van der Waals surface area contributed by atoms with Crippen molar-refractivity contribution in [2.24, 2.45) is 0 Å². The van der Waals surface area contributed by atoms with Gasteiger partial charge in [0.05, 0.1) is 5.56 Å². The minimum absolute atomic E-state index is 0.238. The molecule has 6 heteroatoms. The van der Waals surface area contributed by atoms with Crippen molar-refractivity contribution in [1.82, 2.24) is 0 Å². The Morgan fingerprint density at radius 1 is 1.00 bits per heavy atom. The Labute approximate surface area is 116 Å². The molecule has 20 heavy (non-hydrogen) atoms. The molecule has 0 fully saturated rings. The minimum Gasteiger partial charge on any atom is -0.443 e. The van der Waals surface area contributed by atoms with Gasteiger partial charge in [-0.3, -0.25) is 4.55 Å². The van der Waals surface area contributed by atoms with Gasteiger partial charge in [-0.05, 0) is 17.2 Å². The van der Waals surface area contributed by atoms with Gasteiger partial charge in [0.1, 0.15) is 0 Å². The van der Waals surface area contributed by atoms with Crippen LogP contribution in [0.25, 0.3) is 11.1 Å². The van der Waals surface area contributed by atoms with Gasteiger partial charge in [-0.25, -0.2) is 4.79 Å². The summed E-state index contributed by atoms with van der Waals surface area (Å²) in [4.78, 5) is 11.9. The van der Waals surface area contributed by atoms with Crippen LogP contribution in [0.1, 0.15) is 10.4 Å². The molecule has 0 atom stereocenters. The molecule has 2 rings (SSSR count). The predicted molar refractivity (Wildman–Crippen MR) is 73.7 cm³/mol. The third kappa shape index (κ3) is 3.66. The summed E-state index contributed by atoms with van der Waals surface area (Å²) in [6.45, 7) is 0. The van der Waals surface area contributed by atoms with Crippen LogP contribution in [0.15, 0.2) is 54.6 Å². The first-order valence-electron chi connectivity index (χ1n) is 5.74. The molecule has 0 aliphatic heterocycles. The molecule has 2 aromatic rings. The van der Waals surface area contributed by atoms with Crippen molar-refractivity contribution < 1.29 is 22.5 Å². The van der Waals surface area contributed by atoms with Crippen LogP contribution in [-0.2, 0) is 14.9 Å². The second-order valence-electron chi connectivity index (χ2n) is 4.04. The van der Waals surface area contributed by atoms with Crippen molar-refractivity contribution in [3.05, 3.63) is 60.2 Å². The van der Waals surface area contributed by atoms with Crippen LogP contribution in [0.5, 0.6) is 0 Å². The lowest BCUT2D eigenvalue weighted by molar-refractivity contribution is 0.0565. The Balaban J connectivity index is 2.31. The molecule has 0 saturated carbocycles. The highest BCUT2D eigenvalue weighted by Crippen LogP contribution is 2.23. The fraction of sp³-hybridized carbons (Fsp3) is 0.0714. The van der Waals surface area contributed by atoms with Gasteiger partial charge in [0.25, 0.3) is 0 Å². The van der Waals surface area contributed by atoms with Gasteiger partial charge in [0, 0.05) is 0 Å². The van der Waals surface area contributed by atoms with Crippen molar-refractivity contribution in [3.63, 3.8) is 0 Å². The third-order valence-electron chi connectivity index (χ3n) is 2.57. The summed E-state index contributed by atoms with van der Waals surface area (Å²) in [6, 6.07) is 15.9. The average Bonchev–Trinajstić information content (AvgIpc) is 2.45. The van der Waals surface area contributed by atoms with Crippen molar-refractivity contribution in [2.75, 3.05) is 5.94 Å². The van der Waals surface area contributed by atoms with E-state index in [-0.39, 0.29) is 5.56 Å². The molecule has 0 aliphatic carbocycles. The number of ether oxygens (including phenoxy) is 1. The van der Waals surface area contributed by atoms with E-state index in [1.807, 2.05) is 30.3 Å². The molecular weight excluding hydrogens is 280 g/mol. The van der Waals surface area contributed by atoms with E-state index in [0.29, 0.717) is 5.56 Å². The summed E-state index contributed by atoms with van der Waals surface area (Å²) in [5.41, 5.74) is 1.68. The first-order valence-corrected chi connectivity index (χ1v) is 7.35. The highest BCUT2D eigenvalue weighted by atomic mass is 32.2. The Bertz CT molecular complexity index is 707. The minimum atomic E-state index is -4.35. The summed E-state index contributed by atoms with van der Waals surface area (Å²) in [5, 5.41) is 0. The van der Waals surface area contributed by atoms with Crippen LogP contribution in [0, 0.1) is 0 Å². The lowest BCUT2D eigenvalue weighted by Crippen LogP contribution is -2.14. The number of carbonyl (C=O) groups excluding carboxylic acids is 1. The van der Waals surface area contributed by atoms with Gasteiger partial charge in [-0.2, -0.15) is 8.42 Å². The maximum atomic E-state index is 11.9. The maximum absolute atomic E-state index is 11.9. The van der Waals surface area contributed by atoms with E-state index in [4.69, 9.17) is 4.55 Å². The summed E-state index contributed by atoms with van der Waals surface area (Å²) in [6.07, 6.45) is 0. The lowest BCUT2D eigenvalue weighted by Gasteiger charge is -2.08. The average molecular weight is 292 g/mol. The lowest BCUT2D eigenvalue weighted by atomic mass is 10.00. The van der Waals surface area contributed by atoms with E-state index in [9.17, 15) is 13.2 Å². The monoisotopic (exact) mass is 292 g/mol. The SMILES string of the molecule is O=C(OCS(=O)(=O)O)c1ccccc1-c1ccccc1. The second kappa shape index (κ2) is 5.85. The zero-order valence-electron chi connectivity index (χ0n) is 10.4. The predicted octanol–water partition coefficient (Wildman–Crippen LogP) is 2.36. The first kappa shape index (κ1) is 14.2. The molecule has 104 valence electrons. The summed E-state index contributed by atoms with van der Waals surface area (Å²) in [7, 11) is -4.35. The molecule has 0 aromatic heterocycles. The summed E-state index contributed by atoms with van der Waals surface area (Å²) >= 11 is 0. The third-order valence-corrected chi connectivity index (χ3v) is 2.99. The molecule has 0 spiro atoms. The molecule has 2 aromatic carbocycles. The molecule has 0 bridgehead atoms. The molecule has 5 nitrogen and oxygen atoms in total. The largest absolute Gasteiger partial charge is 0.443 e. The van der Waals surface area contributed by atoms with Crippen LogP contribution in [-0.4, -0.2) is 24.9 Å². The van der Waals surface area contributed by atoms with Crippen LogP contribution >= 0.6 is 0 Å². The molecule has 0 radical (unpaired) electrons. The van der Waals surface area contributed by atoms with Gasteiger partial charge in [0.15, 0.2) is 0 Å². The first-order chi connectivity index (χ1) is 9.47. The topological polar surface area (TPSA) is 80.7 Å². The number of rotatable bonds is 4. The molecular formula is C14H12O5S. The van der Waals surface area contributed by atoms with E-state index in [1.165, 1.54) is 6.07 Å². The normalized spacial score (nSPS) is 11.1. The van der Waals surface area contributed by atoms with E-state index < -0.39 is 22.0 Å². The Kier molecular flexibility index (Phi) is 4.16. The standard InChI is InChI=1S/C14H12O5S/c15-14(19-10-20(16,17)18)13-9-5-4-8-12(13)11-6-2-1-3-7-11/h1-9H,10H2,(H,16,17,18). The highest BCUT2D eigenvalue weighted by molar-refractivity contribution is 7.85. The molecule has 0 unspecified atom stereocenters. The van der Waals surface area contributed by atoms with E-state index in [1.54, 1.807) is 18.2 Å². The van der Waals surface area contributed by atoms with Gasteiger partial charge < -0.3 is 4.74 Å². The zero-order chi connectivity index (χ0) is 14.6. The number of esters is 1. The molecule has 0 aliphatic rings. The van der Waals surface area contributed by atoms with Gasteiger partial charge in [0.2, 0.25) is 5.94 Å². The molecule has 1 N–H and O–H groups in total. The maximum Gasteiger partial charge on any atom is 0.339 e. The molecule has 0 saturated heterocycles. The van der Waals surface area contributed by atoms with Crippen LogP contribution in [0.4, 0.5) is 0 Å². The number of benzene rings is 2. The van der Waals surface area contributed by atoms with E-state index in [2.05, 4.69) is 4.74 Å². The number of carbonyl (C=O) groups is 1. The van der Waals surface area contributed by atoms with Crippen molar-refractivity contribution >= 4 is 16.1 Å². The van der Waals surface area contributed by atoms with Gasteiger partial charge in [-0.15, -0.1) is 0 Å². The van der Waals surface area contributed by atoms with Crippen molar-refractivity contribution in [2.45, 2.75) is 0 Å². The number of hydrogen-bond donors (Lipinski definition) is 1. The smallest absolute Gasteiger partial charge is 0.339 e. The Morgan fingerprint density at radius 3 is 2.25 bits per heavy atom. The fourth-order valence-electron chi connectivity index (χ4n) is 1.74. The van der Waals surface area contributed by atoms with E-state index >= 15 is 0 Å². The Morgan fingerprint density at radius 2 is 1.60 bits per heavy atom. The summed E-state index contributed by atoms with van der Waals surface area (Å²) in [5.74, 6) is -1.86. The fourth-order valence-corrected chi connectivity index (χ4v) is 1.99. The zero-order valence-corrected chi connectivity index (χ0v) is 11.2. The molecule has 0 amide bonds. The summed E-state index contributed by atoms with van der Waals surface area (Å²) < 4.78 is 34.4. The number of hydrogen-bond acceptors (Lipinski definition) is 4. The second-order valence-corrected chi connectivity index (χ2v) is 5.44. The Hall–Kier alpha value is -2.18.